The van der Waals surface area contributed by atoms with Crippen LogP contribution < -0.4 is 5.32 Å². The number of carbonyl (C=O) groups is 2. The van der Waals surface area contributed by atoms with Crippen LogP contribution in [-0.4, -0.2) is 43.0 Å². The van der Waals surface area contributed by atoms with Gasteiger partial charge >= 0.3 is 5.97 Å². The Morgan fingerprint density at radius 3 is 2.38 bits per heavy atom. The van der Waals surface area contributed by atoms with Crippen LogP contribution in [0.1, 0.15) is 31.1 Å². The number of nitrogens with one attached hydrogen (secondary N) is 1. The van der Waals surface area contributed by atoms with Gasteiger partial charge in [-0.2, -0.15) is 0 Å². The van der Waals surface area contributed by atoms with Crippen LogP contribution in [0, 0.1) is 0 Å². The van der Waals surface area contributed by atoms with Crippen molar-refractivity contribution in [2.75, 3.05) is 31.6 Å². The molecule has 0 aliphatic heterocycles. The molecule has 0 saturated carbocycles. The molecule has 5 nitrogen and oxygen atoms in total. The van der Waals surface area contributed by atoms with E-state index in [1.165, 1.54) is 11.3 Å². The lowest BCUT2D eigenvalue weighted by atomic mass is 10.0. The van der Waals surface area contributed by atoms with E-state index >= 15 is 0 Å². The molecule has 1 aromatic heterocycles. The van der Waals surface area contributed by atoms with Crippen molar-refractivity contribution in [3.63, 3.8) is 0 Å². The summed E-state index contributed by atoms with van der Waals surface area (Å²) >= 11 is 7.60. The smallest absolute Gasteiger partial charge is 0.341 e. The number of halogens is 1. The van der Waals surface area contributed by atoms with Gasteiger partial charge in [0.15, 0.2) is 0 Å². The van der Waals surface area contributed by atoms with E-state index in [4.69, 9.17) is 16.3 Å². The fourth-order valence-electron chi connectivity index (χ4n) is 2.57. The summed E-state index contributed by atoms with van der Waals surface area (Å²) in [4.78, 5) is 26.9. The molecule has 0 aliphatic carbocycles. The van der Waals surface area contributed by atoms with Gasteiger partial charge in [0, 0.05) is 5.56 Å². The molecule has 0 aliphatic rings. The zero-order valence-corrected chi connectivity index (χ0v) is 16.7. The molecule has 0 saturated heterocycles. The zero-order chi connectivity index (χ0) is 19.1. The van der Waals surface area contributed by atoms with Crippen LogP contribution in [0.15, 0.2) is 30.3 Å². The maximum absolute atomic E-state index is 12.6. The van der Waals surface area contributed by atoms with Crippen LogP contribution in [0.4, 0.5) is 5.00 Å². The second-order valence-corrected chi connectivity index (χ2v) is 7.17. The van der Waals surface area contributed by atoms with Gasteiger partial charge < -0.3 is 10.1 Å². The summed E-state index contributed by atoms with van der Waals surface area (Å²) in [7, 11) is 0. The average molecular weight is 395 g/mol. The normalized spacial score (nSPS) is 10.8. The van der Waals surface area contributed by atoms with Gasteiger partial charge in [0.1, 0.15) is 14.9 Å². The van der Waals surface area contributed by atoms with E-state index < -0.39 is 5.97 Å². The van der Waals surface area contributed by atoms with Gasteiger partial charge in [0.05, 0.1) is 13.2 Å². The fraction of sp³-hybridized carbons (Fsp3) is 0.368. The Balaban J connectivity index is 2.40. The Morgan fingerprint density at radius 2 is 1.81 bits per heavy atom. The highest BCUT2D eigenvalue weighted by atomic mass is 35.5. The molecule has 0 bridgehead atoms. The van der Waals surface area contributed by atoms with Crippen molar-refractivity contribution in [1.29, 1.82) is 0 Å². The molecule has 1 N–H and O–H groups in total. The molecule has 0 radical (unpaired) electrons. The van der Waals surface area contributed by atoms with Crippen molar-refractivity contribution in [2.24, 2.45) is 0 Å². The van der Waals surface area contributed by atoms with Crippen LogP contribution in [0.5, 0.6) is 0 Å². The van der Waals surface area contributed by atoms with Crippen LogP contribution in [0.25, 0.3) is 11.1 Å². The average Bonchev–Trinajstić information content (AvgIpc) is 2.96. The topological polar surface area (TPSA) is 58.6 Å². The second-order valence-electron chi connectivity index (χ2n) is 5.55. The molecule has 1 amide bonds. The molecule has 0 unspecified atom stereocenters. The highest BCUT2D eigenvalue weighted by molar-refractivity contribution is 7.21. The number of anilines is 1. The standard InChI is InChI=1S/C19H23ClN2O3S/c1-4-22(5-2)12-14(23)21-18-16(19(24)25-6-3)15(17(20)26-18)13-10-8-7-9-11-13/h7-11H,4-6,12H2,1-3H3,(H,21,23). The molecule has 26 heavy (non-hydrogen) atoms. The predicted molar refractivity (Wildman–Crippen MR) is 107 cm³/mol. The predicted octanol–water partition coefficient (Wildman–Crippen LogP) is 4.53. The Hall–Kier alpha value is -1.89. The summed E-state index contributed by atoms with van der Waals surface area (Å²) in [5, 5.41) is 3.25. The van der Waals surface area contributed by atoms with Gasteiger partial charge in [0.25, 0.3) is 0 Å². The minimum Gasteiger partial charge on any atom is -0.462 e. The number of carbonyl (C=O) groups excluding carboxylic acids is 2. The quantitative estimate of drug-likeness (QED) is 0.668. The lowest BCUT2D eigenvalue weighted by molar-refractivity contribution is -0.117. The largest absolute Gasteiger partial charge is 0.462 e. The lowest BCUT2D eigenvalue weighted by Gasteiger charge is -2.17. The van der Waals surface area contributed by atoms with Gasteiger partial charge in [0.2, 0.25) is 5.91 Å². The molecule has 2 rings (SSSR count). The summed E-state index contributed by atoms with van der Waals surface area (Å²) in [6, 6.07) is 9.38. The molecule has 2 aromatic rings. The number of likely N-dealkylation sites (N-methyl/N-ethyl adjacent to an activating group) is 1. The van der Waals surface area contributed by atoms with Gasteiger partial charge in [-0.25, -0.2) is 4.79 Å². The number of hydrogen-bond donors (Lipinski definition) is 1. The van der Waals surface area contributed by atoms with Gasteiger partial charge in [-0.05, 0) is 25.6 Å². The summed E-state index contributed by atoms with van der Waals surface area (Å²) in [5.41, 5.74) is 1.70. The summed E-state index contributed by atoms with van der Waals surface area (Å²) < 4.78 is 5.64. The molecule has 0 spiro atoms. The summed E-state index contributed by atoms with van der Waals surface area (Å²) in [6.07, 6.45) is 0. The summed E-state index contributed by atoms with van der Waals surface area (Å²) in [6.45, 7) is 7.78. The minimum absolute atomic E-state index is 0.184. The van der Waals surface area contributed by atoms with Crippen LogP contribution in [-0.2, 0) is 9.53 Å². The minimum atomic E-state index is -0.493. The van der Waals surface area contributed by atoms with E-state index in [2.05, 4.69) is 5.32 Å². The van der Waals surface area contributed by atoms with Gasteiger partial charge in [-0.1, -0.05) is 55.8 Å². The fourth-order valence-corrected chi connectivity index (χ4v) is 3.96. The van der Waals surface area contributed by atoms with E-state index in [9.17, 15) is 9.59 Å². The van der Waals surface area contributed by atoms with Crippen molar-refractivity contribution >= 4 is 39.8 Å². The zero-order valence-electron chi connectivity index (χ0n) is 15.2. The number of benzene rings is 1. The third-order valence-electron chi connectivity index (χ3n) is 3.92. The van der Waals surface area contributed by atoms with Gasteiger partial charge in [-0.3, -0.25) is 9.69 Å². The molecular formula is C19H23ClN2O3S. The first-order valence-electron chi connectivity index (χ1n) is 8.58. The SMILES string of the molecule is CCOC(=O)c1c(NC(=O)CN(CC)CC)sc(Cl)c1-c1ccccc1. The number of amides is 1. The molecule has 0 atom stereocenters. The Morgan fingerprint density at radius 1 is 1.15 bits per heavy atom. The van der Waals surface area contributed by atoms with E-state index in [0.29, 0.717) is 20.5 Å². The van der Waals surface area contributed by atoms with Crippen molar-refractivity contribution in [1.82, 2.24) is 4.90 Å². The Bertz CT molecular complexity index is 758. The van der Waals surface area contributed by atoms with E-state index in [-0.39, 0.29) is 19.1 Å². The van der Waals surface area contributed by atoms with Crippen LogP contribution >= 0.6 is 22.9 Å². The maximum atomic E-state index is 12.6. The first-order valence-corrected chi connectivity index (χ1v) is 9.78. The Labute approximate surface area is 162 Å². The molecule has 1 aromatic carbocycles. The van der Waals surface area contributed by atoms with E-state index in [1.807, 2.05) is 49.1 Å². The van der Waals surface area contributed by atoms with Crippen molar-refractivity contribution in [3.8, 4) is 11.1 Å². The van der Waals surface area contributed by atoms with Crippen molar-refractivity contribution in [3.05, 3.63) is 40.2 Å². The highest BCUT2D eigenvalue weighted by Crippen LogP contribution is 2.43. The maximum Gasteiger partial charge on any atom is 0.341 e. The van der Waals surface area contributed by atoms with E-state index in [0.717, 1.165) is 18.7 Å². The third kappa shape index (κ3) is 4.84. The third-order valence-corrected chi connectivity index (χ3v) is 5.24. The molecule has 7 heteroatoms. The molecular weight excluding hydrogens is 372 g/mol. The van der Waals surface area contributed by atoms with Crippen molar-refractivity contribution in [2.45, 2.75) is 20.8 Å². The number of esters is 1. The highest BCUT2D eigenvalue weighted by Gasteiger charge is 2.26. The summed E-state index contributed by atoms with van der Waals surface area (Å²) in [5.74, 6) is -0.676. The number of thiophene rings is 1. The monoisotopic (exact) mass is 394 g/mol. The number of ether oxygens (including phenoxy) is 1. The molecule has 1 heterocycles. The number of rotatable bonds is 8. The number of hydrogen-bond acceptors (Lipinski definition) is 5. The Kier molecular flexibility index (Phi) is 7.63. The first-order chi connectivity index (χ1) is 12.5. The van der Waals surface area contributed by atoms with Crippen molar-refractivity contribution < 1.29 is 14.3 Å². The number of nitrogens with zero attached hydrogens (tertiary/aromatic N) is 1. The molecule has 0 fully saturated rings. The first kappa shape index (κ1) is 20.4. The van der Waals surface area contributed by atoms with Crippen LogP contribution in [0.2, 0.25) is 4.34 Å². The van der Waals surface area contributed by atoms with Gasteiger partial charge in [-0.15, -0.1) is 11.3 Å². The van der Waals surface area contributed by atoms with Crippen LogP contribution in [0.3, 0.4) is 0 Å². The molecule has 140 valence electrons. The van der Waals surface area contributed by atoms with E-state index in [1.54, 1.807) is 6.92 Å². The lowest BCUT2D eigenvalue weighted by Crippen LogP contribution is -2.33. The second kappa shape index (κ2) is 9.71.